The minimum atomic E-state index is 0.251. The van der Waals surface area contributed by atoms with Crippen LogP contribution in [0, 0.1) is 12.8 Å². The van der Waals surface area contributed by atoms with Gasteiger partial charge in [-0.1, -0.05) is 6.92 Å². The smallest absolute Gasteiger partial charge is 0.222 e. The van der Waals surface area contributed by atoms with Gasteiger partial charge >= 0.3 is 0 Å². The summed E-state index contributed by atoms with van der Waals surface area (Å²) in [5, 5.41) is 0. The maximum absolute atomic E-state index is 12.0. The first-order valence-corrected chi connectivity index (χ1v) is 8.66. The summed E-state index contributed by atoms with van der Waals surface area (Å²) in [7, 11) is 2.00. The average molecular weight is 327 g/mol. The van der Waals surface area contributed by atoms with Crippen LogP contribution in [0.25, 0.3) is 11.4 Å². The van der Waals surface area contributed by atoms with Crippen LogP contribution >= 0.6 is 0 Å². The largest absolute Gasteiger partial charge is 0.342 e. The van der Waals surface area contributed by atoms with Crippen molar-refractivity contribution in [3.63, 3.8) is 0 Å². The van der Waals surface area contributed by atoms with Crippen molar-refractivity contribution in [3.05, 3.63) is 30.1 Å². The van der Waals surface area contributed by atoms with Gasteiger partial charge in [-0.3, -0.25) is 14.8 Å². The van der Waals surface area contributed by atoms with Crippen LogP contribution in [-0.4, -0.2) is 43.4 Å². The van der Waals surface area contributed by atoms with Crippen molar-refractivity contribution in [2.24, 2.45) is 13.0 Å². The number of aromatic nitrogens is 4. The van der Waals surface area contributed by atoms with Gasteiger partial charge in [-0.15, -0.1) is 0 Å². The lowest BCUT2D eigenvalue weighted by Gasteiger charge is -2.32. The van der Waals surface area contributed by atoms with E-state index >= 15 is 0 Å². The van der Waals surface area contributed by atoms with Crippen LogP contribution in [0.1, 0.15) is 37.7 Å². The van der Waals surface area contributed by atoms with E-state index in [4.69, 9.17) is 0 Å². The lowest BCUT2D eigenvalue weighted by molar-refractivity contribution is -0.132. The van der Waals surface area contributed by atoms with E-state index in [1.54, 1.807) is 12.4 Å². The van der Waals surface area contributed by atoms with Gasteiger partial charge < -0.3 is 9.47 Å². The number of aryl methyl sites for hydroxylation is 1. The van der Waals surface area contributed by atoms with Gasteiger partial charge in [-0.2, -0.15) is 0 Å². The molecule has 0 saturated carbocycles. The molecule has 0 aliphatic carbocycles. The van der Waals surface area contributed by atoms with Crippen LogP contribution in [0.2, 0.25) is 0 Å². The molecule has 0 aromatic carbocycles. The Morgan fingerprint density at radius 1 is 1.29 bits per heavy atom. The molecule has 1 fully saturated rings. The standard InChI is InChI=1S/C18H25N5O/c1-4-17(24)23-9-5-6-14(12-23)10-15-18(20-8-7-19-15)16-11-21-13(2)22(16)3/h7-8,11,14H,4-6,9-10,12H2,1-3H3. The molecular weight excluding hydrogens is 302 g/mol. The highest BCUT2D eigenvalue weighted by atomic mass is 16.2. The van der Waals surface area contributed by atoms with Gasteiger partial charge in [0.2, 0.25) is 5.91 Å². The van der Waals surface area contributed by atoms with Gasteiger partial charge in [0.1, 0.15) is 11.5 Å². The Kier molecular flexibility index (Phi) is 4.92. The Hall–Kier alpha value is -2.24. The van der Waals surface area contributed by atoms with E-state index in [1.807, 2.05) is 36.6 Å². The van der Waals surface area contributed by atoms with E-state index in [0.717, 1.165) is 55.3 Å². The lowest BCUT2D eigenvalue weighted by Crippen LogP contribution is -2.40. The fourth-order valence-corrected chi connectivity index (χ4v) is 3.41. The number of amides is 1. The molecule has 1 unspecified atom stereocenters. The van der Waals surface area contributed by atoms with E-state index in [9.17, 15) is 4.79 Å². The van der Waals surface area contributed by atoms with Crippen LogP contribution in [0.15, 0.2) is 18.6 Å². The molecule has 1 atom stereocenters. The summed E-state index contributed by atoms with van der Waals surface area (Å²) < 4.78 is 2.04. The fourth-order valence-electron chi connectivity index (χ4n) is 3.41. The number of likely N-dealkylation sites (tertiary alicyclic amines) is 1. The molecular formula is C18H25N5O. The highest BCUT2D eigenvalue weighted by molar-refractivity contribution is 5.75. The van der Waals surface area contributed by atoms with Crippen LogP contribution < -0.4 is 0 Å². The molecule has 0 radical (unpaired) electrons. The normalized spacial score (nSPS) is 18.0. The van der Waals surface area contributed by atoms with Gasteiger partial charge in [0.25, 0.3) is 0 Å². The Balaban J connectivity index is 1.81. The molecule has 1 saturated heterocycles. The molecule has 3 heterocycles. The van der Waals surface area contributed by atoms with Crippen LogP contribution in [0.3, 0.4) is 0 Å². The fraction of sp³-hybridized carbons (Fsp3) is 0.556. The molecule has 2 aromatic heterocycles. The third kappa shape index (κ3) is 3.32. The number of nitrogens with zero attached hydrogens (tertiary/aromatic N) is 5. The Labute approximate surface area is 142 Å². The first-order valence-electron chi connectivity index (χ1n) is 8.66. The summed E-state index contributed by atoms with van der Waals surface area (Å²) in [5.74, 6) is 1.65. The number of hydrogen-bond donors (Lipinski definition) is 0. The van der Waals surface area contributed by atoms with Gasteiger partial charge in [-0.25, -0.2) is 4.98 Å². The second-order valence-electron chi connectivity index (χ2n) is 6.51. The van der Waals surface area contributed by atoms with Crippen LogP contribution in [-0.2, 0) is 18.3 Å². The van der Waals surface area contributed by atoms with Crippen molar-refractivity contribution >= 4 is 5.91 Å². The van der Waals surface area contributed by atoms with Gasteiger partial charge in [0, 0.05) is 39.0 Å². The molecule has 128 valence electrons. The summed E-state index contributed by atoms with van der Waals surface area (Å²) in [5.41, 5.74) is 2.89. The summed E-state index contributed by atoms with van der Waals surface area (Å²) in [6, 6.07) is 0. The molecule has 6 nitrogen and oxygen atoms in total. The van der Waals surface area contributed by atoms with Crippen molar-refractivity contribution in [2.45, 2.75) is 39.5 Å². The number of rotatable bonds is 4. The van der Waals surface area contributed by atoms with Gasteiger partial charge in [0.05, 0.1) is 17.6 Å². The molecule has 1 amide bonds. The van der Waals surface area contributed by atoms with Crippen molar-refractivity contribution in [3.8, 4) is 11.4 Å². The third-order valence-corrected chi connectivity index (χ3v) is 4.89. The van der Waals surface area contributed by atoms with E-state index < -0.39 is 0 Å². The Bertz CT molecular complexity index is 724. The first-order chi connectivity index (χ1) is 11.6. The second-order valence-corrected chi connectivity index (χ2v) is 6.51. The number of imidazole rings is 1. The van der Waals surface area contributed by atoms with Crippen molar-refractivity contribution in [2.75, 3.05) is 13.1 Å². The highest BCUT2D eigenvalue weighted by Gasteiger charge is 2.25. The van der Waals surface area contributed by atoms with Crippen LogP contribution in [0.5, 0.6) is 0 Å². The summed E-state index contributed by atoms with van der Waals surface area (Å²) in [4.78, 5) is 27.5. The second kappa shape index (κ2) is 7.11. The predicted molar refractivity (Wildman–Crippen MR) is 92.3 cm³/mol. The Morgan fingerprint density at radius 3 is 2.79 bits per heavy atom. The quantitative estimate of drug-likeness (QED) is 0.865. The van der Waals surface area contributed by atoms with Crippen molar-refractivity contribution in [1.82, 2.24) is 24.4 Å². The average Bonchev–Trinajstić information content (AvgIpc) is 2.94. The van der Waals surface area contributed by atoms with Crippen molar-refractivity contribution in [1.29, 1.82) is 0 Å². The highest BCUT2D eigenvalue weighted by Crippen LogP contribution is 2.26. The molecule has 24 heavy (non-hydrogen) atoms. The van der Waals surface area contributed by atoms with Crippen LogP contribution in [0.4, 0.5) is 0 Å². The van der Waals surface area contributed by atoms with E-state index in [0.29, 0.717) is 12.3 Å². The number of piperidine rings is 1. The summed E-state index contributed by atoms with van der Waals surface area (Å²) in [6.45, 7) is 5.62. The zero-order valence-electron chi connectivity index (χ0n) is 14.7. The number of carbonyl (C=O) groups is 1. The topological polar surface area (TPSA) is 63.9 Å². The molecule has 0 spiro atoms. The maximum atomic E-state index is 12.0. The Morgan fingerprint density at radius 2 is 2.08 bits per heavy atom. The zero-order valence-corrected chi connectivity index (χ0v) is 14.7. The molecule has 3 rings (SSSR count). The number of carbonyl (C=O) groups excluding carboxylic acids is 1. The molecule has 1 aliphatic heterocycles. The maximum Gasteiger partial charge on any atom is 0.222 e. The van der Waals surface area contributed by atoms with Crippen molar-refractivity contribution < 1.29 is 4.79 Å². The molecule has 1 aliphatic rings. The molecule has 0 bridgehead atoms. The van der Waals surface area contributed by atoms with E-state index in [2.05, 4.69) is 15.0 Å². The SMILES string of the molecule is CCC(=O)N1CCCC(Cc2nccnc2-c2cnc(C)n2C)C1. The minimum absolute atomic E-state index is 0.251. The molecule has 0 N–H and O–H groups in total. The first kappa shape index (κ1) is 16.6. The summed E-state index contributed by atoms with van der Waals surface area (Å²) >= 11 is 0. The molecule has 2 aromatic rings. The third-order valence-electron chi connectivity index (χ3n) is 4.89. The zero-order chi connectivity index (χ0) is 17.1. The summed E-state index contributed by atoms with van der Waals surface area (Å²) in [6.07, 6.45) is 8.97. The predicted octanol–water partition coefficient (Wildman–Crippen LogP) is 2.38. The monoisotopic (exact) mass is 327 g/mol. The molecule has 6 heteroatoms. The van der Waals surface area contributed by atoms with Gasteiger partial charge in [0.15, 0.2) is 0 Å². The van der Waals surface area contributed by atoms with E-state index in [-0.39, 0.29) is 5.91 Å². The lowest BCUT2D eigenvalue weighted by atomic mass is 9.92. The van der Waals surface area contributed by atoms with Gasteiger partial charge in [-0.05, 0) is 32.1 Å². The van der Waals surface area contributed by atoms with E-state index in [1.165, 1.54) is 0 Å². The number of hydrogen-bond acceptors (Lipinski definition) is 4. The minimum Gasteiger partial charge on any atom is -0.342 e.